The summed E-state index contributed by atoms with van der Waals surface area (Å²) in [6, 6.07) is 1.56. The average molecular weight is 249 g/mol. The molecule has 1 aromatic rings. The summed E-state index contributed by atoms with van der Waals surface area (Å²) in [5.74, 6) is 1.31. The molecule has 0 saturated carbocycles. The molecule has 2 aliphatic heterocycles. The monoisotopic (exact) mass is 249 g/mol. The second kappa shape index (κ2) is 4.53. The van der Waals surface area contributed by atoms with Gasteiger partial charge in [0.15, 0.2) is 5.69 Å². The summed E-state index contributed by atoms with van der Waals surface area (Å²) < 4.78 is 10.1. The van der Waals surface area contributed by atoms with Gasteiger partial charge in [0.05, 0.1) is 20.3 Å². The highest BCUT2D eigenvalue weighted by atomic mass is 16.5. The Labute approximate surface area is 105 Å². The maximum Gasteiger partial charge on any atom is 0.356 e. The molecule has 1 aromatic heterocycles. The number of carbonyl (C=O) groups excluding carboxylic acids is 1. The first-order valence-corrected chi connectivity index (χ1v) is 6.02. The Morgan fingerprint density at radius 1 is 1.44 bits per heavy atom. The van der Waals surface area contributed by atoms with E-state index < -0.39 is 5.97 Å². The first kappa shape index (κ1) is 11.4. The van der Waals surface area contributed by atoms with Crippen LogP contribution < -0.4 is 4.90 Å². The van der Waals surface area contributed by atoms with Gasteiger partial charge in [-0.25, -0.2) is 14.8 Å². The summed E-state index contributed by atoms with van der Waals surface area (Å²) in [5.41, 5.74) is 0.302. The minimum absolute atomic E-state index is 0.302. The van der Waals surface area contributed by atoms with E-state index in [0.29, 0.717) is 23.5 Å². The minimum atomic E-state index is -0.429. The maximum atomic E-state index is 11.4. The van der Waals surface area contributed by atoms with Gasteiger partial charge in [-0.05, 0) is 6.07 Å². The maximum absolute atomic E-state index is 11.4. The number of hydrogen-bond acceptors (Lipinski definition) is 6. The van der Waals surface area contributed by atoms with E-state index >= 15 is 0 Å². The van der Waals surface area contributed by atoms with E-state index in [1.54, 1.807) is 12.3 Å². The van der Waals surface area contributed by atoms with Gasteiger partial charge < -0.3 is 14.4 Å². The van der Waals surface area contributed by atoms with Crippen molar-refractivity contribution in [3.05, 3.63) is 18.0 Å². The topological polar surface area (TPSA) is 64.5 Å². The molecule has 18 heavy (non-hydrogen) atoms. The van der Waals surface area contributed by atoms with Crippen molar-refractivity contribution in [1.82, 2.24) is 9.97 Å². The molecule has 2 fully saturated rings. The molecule has 2 aliphatic rings. The van der Waals surface area contributed by atoms with Crippen LogP contribution in [0.4, 0.5) is 5.95 Å². The predicted molar refractivity (Wildman–Crippen MR) is 63.4 cm³/mol. The molecule has 6 heteroatoms. The molecule has 0 spiro atoms. The van der Waals surface area contributed by atoms with Crippen LogP contribution in [0.1, 0.15) is 10.5 Å². The summed E-state index contributed by atoms with van der Waals surface area (Å²) >= 11 is 0. The Balaban J connectivity index is 1.79. The van der Waals surface area contributed by atoms with E-state index in [1.807, 2.05) is 0 Å². The van der Waals surface area contributed by atoms with Gasteiger partial charge >= 0.3 is 5.97 Å². The molecule has 0 bridgehead atoms. The number of rotatable bonds is 2. The van der Waals surface area contributed by atoms with Crippen LogP contribution in [0, 0.1) is 11.8 Å². The van der Waals surface area contributed by atoms with Gasteiger partial charge in [0.2, 0.25) is 5.95 Å². The number of ether oxygens (including phenoxy) is 2. The smallest absolute Gasteiger partial charge is 0.356 e. The molecule has 2 saturated heterocycles. The fourth-order valence-corrected chi connectivity index (χ4v) is 2.57. The van der Waals surface area contributed by atoms with E-state index in [4.69, 9.17) is 4.74 Å². The number of fused-ring (bicyclic) bond motifs is 1. The van der Waals surface area contributed by atoms with E-state index in [-0.39, 0.29) is 0 Å². The molecule has 0 radical (unpaired) electrons. The normalized spacial score (nSPS) is 26.2. The van der Waals surface area contributed by atoms with Crippen LogP contribution in [0.3, 0.4) is 0 Å². The van der Waals surface area contributed by atoms with Crippen molar-refractivity contribution < 1.29 is 14.3 Å². The van der Waals surface area contributed by atoms with Gasteiger partial charge in [0.25, 0.3) is 0 Å². The molecule has 0 N–H and O–H groups in total. The van der Waals surface area contributed by atoms with E-state index in [1.165, 1.54) is 7.11 Å². The Morgan fingerprint density at radius 3 is 2.83 bits per heavy atom. The van der Waals surface area contributed by atoms with Gasteiger partial charge in [0.1, 0.15) is 0 Å². The first-order valence-electron chi connectivity index (χ1n) is 6.02. The Hall–Kier alpha value is -1.69. The molecular formula is C12H15N3O3. The van der Waals surface area contributed by atoms with E-state index in [9.17, 15) is 4.79 Å². The lowest BCUT2D eigenvalue weighted by Gasteiger charge is -2.17. The summed E-state index contributed by atoms with van der Waals surface area (Å²) in [4.78, 5) is 22.0. The van der Waals surface area contributed by atoms with Crippen LogP contribution in [0.25, 0.3) is 0 Å². The summed E-state index contributed by atoms with van der Waals surface area (Å²) in [7, 11) is 1.35. The average Bonchev–Trinajstić information content (AvgIpc) is 2.98. The minimum Gasteiger partial charge on any atom is -0.464 e. The standard InChI is InChI=1S/C12H15N3O3/c1-17-11(16)10-2-3-13-12(14-10)15-4-8-6-18-7-9(8)5-15/h2-3,8-9H,4-7H2,1H3. The third-order valence-corrected chi connectivity index (χ3v) is 3.56. The molecule has 2 atom stereocenters. The number of carbonyl (C=O) groups is 1. The van der Waals surface area contributed by atoms with Crippen LogP contribution in [0.5, 0.6) is 0 Å². The first-order chi connectivity index (χ1) is 8.78. The summed E-state index contributed by atoms with van der Waals surface area (Å²) in [5, 5.41) is 0. The van der Waals surface area contributed by atoms with Crippen LogP contribution in [0.15, 0.2) is 12.3 Å². The van der Waals surface area contributed by atoms with Crippen molar-refractivity contribution in [2.45, 2.75) is 0 Å². The largest absolute Gasteiger partial charge is 0.464 e. The molecule has 3 rings (SSSR count). The van der Waals surface area contributed by atoms with Crippen molar-refractivity contribution >= 4 is 11.9 Å². The molecule has 3 heterocycles. The zero-order chi connectivity index (χ0) is 12.5. The lowest BCUT2D eigenvalue weighted by atomic mass is 10.0. The fourth-order valence-electron chi connectivity index (χ4n) is 2.57. The Morgan fingerprint density at radius 2 is 2.17 bits per heavy atom. The predicted octanol–water partition coefficient (Wildman–Crippen LogP) is 0.346. The van der Waals surface area contributed by atoms with Crippen molar-refractivity contribution in [1.29, 1.82) is 0 Å². The molecule has 6 nitrogen and oxygen atoms in total. The summed E-state index contributed by atoms with van der Waals surface area (Å²) in [6.07, 6.45) is 1.60. The zero-order valence-electron chi connectivity index (χ0n) is 10.2. The zero-order valence-corrected chi connectivity index (χ0v) is 10.2. The number of esters is 1. The van der Waals surface area contributed by atoms with Crippen LogP contribution in [-0.4, -0.2) is 49.4 Å². The SMILES string of the molecule is COC(=O)c1ccnc(N2CC3COCC3C2)n1. The number of methoxy groups -OCH3 is 1. The van der Waals surface area contributed by atoms with Crippen LogP contribution >= 0.6 is 0 Å². The molecular weight excluding hydrogens is 234 g/mol. The van der Waals surface area contributed by atoms with Gasteiger partial charge in [-0.2, -0.15) is 0 Å². The molecule has 2 unspecified atom stereocenters. The van der Waals surface area contributed by atoms with Crippen molar-refractivity contribution in [2.75, 3.05) is 38.3 Å². The lowest BCUT2D eigenvalue weighted by Crippen LogP contribution is -2.25. The lowest BCUT2D eigenvalue weighted by molar-refractivity contribution is 0.0594. The fraction of sp³-hybridized carbons (Fsp3) is 0.583. The van der Waals surface area contributed by atoms with Crippen molar-refractivity contribution in [2.24, 2.45) is 11.8 Å². The molecule has 0 amide bonds. The second-order valence-electron chi connectivity index (χ2n) is 4.70. The molecule has 0 aromatic carbocycles. The highest BCUT2D eigenvalue weighted by Crippen LogP contribution is 2.30. The van der Waals surface area contributed by atoms with Gasteiger partial charge in [0, 0.05) is 31.1 Å². The third-order valence-electron chi connectivity index (χ3n) is 3.56. The third kappa shape index (κ3) is 1.92. The highest BCUT2D eigenvalue weighted by molar-refractivity contribution is 5.87. The Kier molecular flexibility index (Phi) is 2.87. The van der Waals surface area contributed by atoms with Gasteiger partial charge in [-0.1, -0.05) is 0 Å². The number of hydrogen-bond donors (Lipinski definition) is 0. The molecule has 96 valence electrons. The Bertz CT molecular complexity index is 454. The summed E-state index contributed by atoms with van der Waals surface area (Å²) in [6.45, 7) is 3.43. The van der Waals surface area contributed by atoms with Crippen molar-refractivity contribution in [3.63, 3.8) is 0 Å². The highest BCUT2D eigenvalue weighted by Gasteiger charge is 2.38. The second-order valence-corrected chi connectivity index (χ2v) is 4.70. The van der Waals surface area contributed by atoms with Gasteiger partial charge in [-0.3, -0.25) is 0 Å². The number of nitrogens with zero attached hydrogens (tertiary/aromatic N) is 3. The van der Waals surface area contributed by atoms with E-state index in [0.717, 1.165) is 26.3 Å². The van der Waals surface area contributed by atoms with Crippen LogP contribution in [0.2, 0.25) is 0 Å². The number of anilines is 1. The van der Waals surface area contributed by atoms with Crippen molar-refractivity contribution in [3.8, 4) is 0 Å². The molecule has 0 aliphatic carbocycles. The van der Waals surface area contributed by atoms with Gasteiger partial charge in [-0.15, -0.1) is 0 Å². The van der Waals surface area contributed by atoms with E-state index in [2.05, 4.69) is 19.6 Å². The number of aromatic nitrogens is 2. The van der Waals surface area contributed by atoms with Crippen LogP contribution in [-0.2, 0) is 9.47 Å². The quantitative estimate of drug-likeness (QED) is 0.704.